The van der Waals surface area contributed by atoms with Gasteiger partial charge < -0.3 is 14.8 Å². The molecule has 0 spiro atoms. The zero-order valence-electron chi connectivity index (χ0n) is 11.2. The standard InChI is InChI=1S/C15H23NO2/c1-2-3-4-5-6-9-16-11-13-7-8-14-15(10-13)18-12-17-14/h7-8,10,16H,2-6,9,11-12H2,1H3. The minimum absolute atomic E-state index is 0.351. The number of hydrogen-bond acceptors (Lipinski definition) is 3. The zero-order chi connectivity index (χ0) is 12.6. The number of unbranched alkanes of at least 4 members (excludes halogenated alkanes) is 4. The van der Waals surface area contributed by atoms with Crippen LogP contribution in [-0.2, 0) is 6.54 Å². The molecule has 1 aliphatic heterocycles. The summed E-state index contributed by atoms with van der Waals surface area (Å²) in [5.41, 5.74) is 1.26. The van der Waals surface area contributed by atoms with Crippen LogP contribution < -0.4 is 14.8 Å². The summed E-state index contributed by atoms with van der Waals surface area (Å²) < 4.78 is 10.7. The van der Waals surface area contributed by atoms with Gasteiger partial charge in [-0.25, -0.2) is 0 Å². The van der Waals surface area contributed by atoms with Crippen molar-refractivity contribution in [2.75, 3.05) is 13.3 Å². The SMILES string of the molecule is CCCCCCCNCc1ccc2c(c1)OCO2. The van der Waals surface area contributed by atoms with Crippen molar-refractivity contribution in [2.24, 2.45) is 0 Å². The highest BCUT2D eigenvalue weighted by atomic mass is 16.7. The summed E-state index contributed by atoms with van der Waals surface area (Å²) in [7, 11) is 0. The molecule has 0 amide bonds. The van der Waals surface area contributed by atoms with E-state index in [0.717, 1.165) is 24.6 Å². The number of ether oxygens (including phenoxy) is 2. The van der Waals surface area contributed by atoms with Crippen molar-refractivity contribution in [2.45, 2.75) is 45.6 Å². The van der Waals surface area contributed by atoms with Gasteiger partial charge in [-0.05, 0) is 30.7 Å². The minimum atomic E-state index is 0.351. The molecule has 1 aromatic rings. The van der Waals surface area contributed by atoms with E-state index < -0.39 is 0 Å². The van der Waals surface area contributed by atoms with Crippen LogP contribution in [0, 0.1) is 0 Å². The van der Waals surface area contributed by atoms with Gasteiger partial charge in [0.15, 0.2) is 11.5 Å². The Bertz CT molecular complexity index is 366. The van der Waals surface area contributed by atoms with Crippen LogP contribution in [0.4, 0.5) is 0 Å². The summed E-state index contributed by atoms with van der Waals surface area (Å²) >= 11 is 0. The Balaban J connectivity index is 1.62. The van der Waals surface area contributed by atoms with Crippen molar-refractivity contribution in [1.82, 2.24) is 5.32 Å². The van der Waals surface area contributed by atoms with Gasteiger partial charge in [0.05, 0.1) is 0 Å². The Labute approximate surface area is 109 Å². The largest absolute Gasteiger partial charge is 0.454 e. The van der Waals surface area contributed by atoms with Crippen LogP contribution in [0.15, 0.2) is 18.2 Å². The second kappa shape index (κ2) is 7.27. The van der Waals surface area contributed by atoms with Gasteiger partial charge in [0.2, 0.25) is 6.79 Å². The Hall–Kier alpha value is -1.22. The van der Waals surface area contributed by atoms with Gasteiger partial charge in [0, 0.05) is 6.54 Å². The molecule has 0 radical (unpaired) electrons. The molecule has 0 saturated carbocycles. The van der Waals surface area contributed by atoms with Gasteiger partial charge in [-0.15, -0.1) is 0 Å². The maximum Gasteiger partial charge on any atom is 0.231 e. The number of rotatable bonds is 8. The van der Waals surface area contributed by atoms with Crippen LogP contribution >= 0.6 is 0 Å². The first-order chi connectivity index (χ1) is 8.90. The predicted molar refractivity (Wildman–Crippen MR) is 73.0 cm³/mol. The van der Waals surface area contributed by atoms with Crippen LogP contribution in [-0.4, -0.2) is 13.3 Å². The van der Waals surface area contributed by atoms with Gasteiger partial charge in [-0.3, -0.25) is 0 Å². The van der Waals surface area contributed by atoms with Gasteiger partial charge in [-0.2, -0.15) is 0 Å². The lowest BCUT2D eigenvalue weighted by molar-refractivity contribution is 0.174. The van der Waals surface area contributed by atoms with E-state index in [9.17, 15) is 0 Å². The molecule has 0 aliphatic carbocycles. The normalized spacial score (nSPS) is 12.9. The summed E-state index contributed by atoms with van der Waals surface area (Å²) in [6.45, 7) is 4.60. The molecule has 0 saturated heterocycles. The van der Waals surface area contributed by atoms with E-state index in [1.807, 2.05) is 6.07 Å². The average Bonchev–Trinajstić information content (AvgIpc) is 2.85. The fourth-order valence-corrected chi connectivity index (χ4v) is 2.14. The van der Waals surface area contributed by atoms with Gasteiger partial charge in [0.25, 0.3) is 0 Å². The molecule has 0 bridgehead atoms. The summed E-state index contributed by atoms with van der Waals surface area (Å²) in [5, 5.41) is 3.47. The fraction of sp³-hybridized carbons (Fsp3) is 0.600. The van der Waals surface area contributed by atoms with Crippen molar-refractivity contribution >= 4 is 0 Å². The fourth-order valence-electron chi connectivity index (χ4n) is 2.14. The predicted octanol–water partition coefficient (Wildman–Crippen LogP) is 3.48. The van der Waals surface area contributed by atoms with E-state index in [1.165, 1.54) is 37.7 Å². The molecule has 1 N–H and O–H groups in total. The Morgan fingerprint density at radius 2 is 1.89 bits per heavy atom. The van der Waals surface area contributed by atoms with E-state index in [0.29, 0.717) is 6.79 Å². The number of fused-ring (bicyclic) bond motifs is 1. The second-order valence-corrected chi connectivity index (χ2v) is 4.78. The molecule has 0 aromatic heterocycles. The first-order valence-electron chi connectivity index (χ1n) is 6.99. The summed E-state index contributed by atoms with van der Waals surface area (Å²) in [6, 6.07) is 6.14. The van der Waals surface area contributed by atoms with Crippen molar-refractivity contribution in [3.8, 4) is 11.5 Å². The molecule has 18 heavy (non-hydrogen) atoms. The topological polar surface area (TPSA) is 30.5 Å². The third-order valence-corrected chi connectivity index (χ3v) is 3.22. The van der Waals surface area contributed by atoms with E-state index in [1.54, 1.807) is 0 Å². The molecule has 1 aliphatic rings. The summed E-state index contributed by atoms with van der Waals surface area (Å²) in [5.74, 6) is 1.73. The molecular weight excluding hydrogens is 226 g/mol. The molecule has 1 heterocycles. The van der Waals surface area contributed by atoms with E-state index in [-0.39, 0.29) is 0 Å². The third-order valence-electron chi connectivity index (χ3n) is 3.22. The van der Waals surface area contributed by atoms with Crippen LogP contribution in [0.3, 0.4) is 0 Å². The van der Waals surface area contributed by atoms with Crippen LogP contribution in [0.2, 0.25) is 0 Å². The quantitative estimate of drug-likeness (QED) is 0.715. The zero-order valence-corrected chi connectivity index (χ0v) is 11.2. The van der Waals surface area contributed by atoms with Crippen molar-refractivity contribution < 1.29 is 9.47 Å². The lowest BCUT2D eigenvalue weighted by atomic mass is 10.1. The molecule has 100 valence electrons. The minimum Gasteiger partial charge on any atom is -0.454 e. The number of hydrogen-bond donors (Lipinski definition) is 1. The van der Waals surface area contributed by atoms with E-state index >= 15 is 0 Å². The monoisotopic (exact) mass is 249 g/mol. The van der Waals surface area contributed by atoms with Crippen LogP contribution in [0.1, 0.15) is 44.6 Å². The summed E-state index contributed by atoms with van der Waals surface area (Å²) in [4.78, 5) is 0. The Kier molecular flexibility index (Phi) is 5.34. The van der Waals surface area contributed by atoms with Gasteiger partial charge in [0.1, 0.15) is 0 Å². The molecule has 3 nitrogen and oxygen atoms in total. The van der Waals surface area contributed by atoms with Gasteiger partial charge >= 0.3 is 0 Å². The lowest BCUT2D eigenvalue weighted by Crippen LogP contribution is -2.14. The Morgan fingerprint density at radius 3 is 2.78 bits per heavy atom. The highest BCUT2D eigenvalue weighted by Gasteiger charge is 2.12. The lowest BCUT2D eigenvalue weighted by Gasteiger charge is -2.05. The second-order valence-electron chi connectivity index (χ2n) is 4.78. The van der Waals surface area contributed by atoms with Crippen molar-refractivity contribution in [3.05, 3.63) is 23.8 Å². The first-order valence-corrected chi connectivity index (χ1v) is 6.99. The summed E-state index contributed by atoms with van der Waals surface area (Å²) in [6.07, 6.45) is 6.64. The highest BCUT2D eigenvalue weighted by Crippen LogP contribution is 2.32. The van der Waals surface area contributed by atoms with Crippen molar-refractivity contribution in [3.63, 3.8) is 0 Å². The highest BCUT2D eigenvalue weighted by molar-refractivity contribution is 5.44. The molecule has 3 heteroatoms. The maximum atomic E-state index is 5.36. The number of nitrogens with one attached hydrogen (secondary N) is 1. The molecular formula is C15H23NO2. The van der Waals surface area contributed by atoms with E-state index in [2.05, 4.69) is 24.4 Å². The number of benzene rings is 1. The van der Waals surface area contributed by atoms with Crippen LogP contribution in [0.25, 0.3) is 0 Å². The average molecular weight is 249 g/mol. The molecule has 0 unspecified atom stereocenters. The molecule has 0 fully saturated rings. The third kappa shape index (κ3) is 3.91. The van der Waals surface area contributed by atoms with Gasteiger partial charge in [-0.1, -0.05) is 38.7 Å². The first kappa shape index (κ1) is 13.2. The maximum absolute atomic E-state index is 5.36. The Morgan fingerprint density at radius 1 is 1.06 bits per heavy atom. The molecule has 2 rings (SSSR count). The van der Waals surface area contributed by atoms with Crippen LogP contribution in [0.5, 0.6) is 11.5 Å². The molecule has 0 atom stereocenters. The van der Waals surface area contributed by atoms with Crippen molar-refractivity contribution in [1.29, 1.82) is 0 Å². The van der Waals surface area contributed by atoms with E-state index in [4.69, 9.17) is 9.47 Å². The molecule has 1 aromatic carbocycles. The smallest absolute Gasteiger partial charge is 0.231 e.